The first kappa shape index (κ1) is 19.5. The van der Waals surface area contributed by atoms with Crippen molar-refractivity contribution in [2.75, 3.05) is 20.2 Å². The van der Waals surface area contributed by atoms with Gasteiger partial charge in [-0.1, -0.05) is 0 Å². The molecule has 0 atom stereocenters. The van der Waals surface area contributed by atoms with E-state index in [1.807, 2.05) is 12.1 Å². The Balaban J connectivity index is 1.45. The summed E-state index contributed by atoms with van der Waals surface area (Å²) in [6.07, 6.45) is 4.57. The van der Waals surface area contributed by atoms with Crippen molar-refractivity contribution in [1.82, 2.24) is 24.5 Å². The molecule has 0 amide bonds. The van der Waals surface area contributed by atoms with Crippen LogP contribution in [0.2, 0.25) is 0 Å². The number of aromatic amines is 1. The van der Waals surface area contributed by atoms with Crippen LogP contribution in [0.15, 0.2) is 47.6 Å². The van der Waals surface area contributed by atoms with E-state index in [1.165, 1.54) is 23.5 Å². The number of ether oxygens (including phenoxy) is 1. The molecule has 0 radical (unpaired) electrons. The predicted octanol–water partition coefficient (Wildman–Crippen LogP) is 2.58. The zero-order valence-corrected chi connectivity index (χ0v) is 16.6. The van der Waals surface area contributed by atoms with Crippen molar-refractivity contribution in [3.05, 3.63) is 54.4 Å². The molecule has 0 aliphatic carbocycles. The summed E-state index contributed by atoms with van der Waals surface area (Å²) in [4.78, 5) is 8.53. The van der Waals surface area contributed by atoms with E-state index in [1.54, 1.807) is 12.4 Å². The maximum atomic E-state index is 13.9. The van der Waals surface area contributed by atoms with Crippen LogP contribution in [-0.2, 0) is 10.0 Å². The minimum atomic E-state index is -3.77. The average Bonchev–Trinajstić information content (AvgIpc) is 3.25. The third kappa shape index (κ3) is 3.85. The second-order valence-electron chi connectivity index (χ2n) is 6.76. The second-order valence-corrected chi connectivity index (χ2v) is 8.70. The largest absolute Gasteiger partial charge is 0.494 e. The Bertz CT molecular complexity index is 1100. The number of nitrogens with zero attached hydrogens (tertiary/aromatic N) is 4. The number of aromatic nitrogens is 4. The molecular weight excluding hydrogens is 397 g/mol. The van der Waals surface area contributed by atoms with Crippen LogP contribution in [0.5, 0.6) is 5.75 Å². The lowest BCUT2D eigenvalue weighted by Gasteiger charge is -2.30. The number of sulfonamides is 1. The van der Waals surface area contributed by atoms with Gasteiger partial charge in [0.05, 0.1) is 12.0 Å². The van der Waals surface area contributed by atoms with E-state index in [-0.39, 0.29) is 16.6 Å². The maximum absolute atomic E-state index is 13.9. The molecule has 1 N–H and O–H groups in total. The van der Waals surface area contributed by atoms with Crippen LogP contribution in [0.3, 0.4) is 0 Å². The summed E-state index contributed by atoms with van der Waals surface area (Å²) in [7, 11) is -2.44. The van der Waals surface area contributed by atoms with Gasteiger partial charge in [0.1, 0.15) is 5.82 Å². The molecule has 1 aromatic carbocycles. The highest BCUT2D eigenvalue weighted by Crippen LogP contribution is 2.30. The molecule has 2 aromatic heterocycles. The number of piperidine rings is 1. The molecule has 10 heteroatoms. The molecule has 1 aliphatic heterocycles. The van der Waals surface area contributed by atoms with E-state index in [0.29, 0.717) is 31.8 Å². The number of benzene rings is 1. The zero-order valence-electron chi connectivity index (χ0n) is 15.7. The van der Waals surface area contributed by atoms with Gasteiger partial charge >= 0.3 is 0 Å². The fourth-order valence-electron chi connectivity index (χ4n) is 3.41. The van der Waals surface area contributed by atoms with E-state index in [2.05, 4.69) is 20.2 Å². The smallest absolute Gasteiger partial charge is 0.243 e. The highest BCUT2D eigenvalue weighted by Gasteiger charge is 2.31. The van der Waals surface area contributed by atoms with E-state index in [4.69, 9.17) is 4.74 Å². The molecule has 3 heterocycles. The third-order valence-electron chi connectivity index (χ3n) is 5.02. The first-order valence-electron chi connectivity index (χ1n) is 9.15. The van der Waals surface area contributed by atoms with Crippen molar-refractivity contribution in [2.45, 2.75) is 23.7 Å². The quantitative estimate of drug-likeness (QED) is 0.685. The van der Waals surface area contributed by atoms with Crippen molar-refractivity contribution < 1.29 is 17.5 Å². The van der Waals surface area contributed by atoms with Crippen molar-refractivity contribution in [2.24, 2.45) is 0 Å². The van der Waals surface area contributed by atoms with Gasteiger partial charge in [0.2, 0.25) is 10.0 Å². The first-order chi connectivity index (χ1) is 14.0. The molecule has 8 nitrogen and oxygen atoms in total. The number of rotatable bonds is 5. The molecule has 1 saturated heterocycles. The number of hydrogen-bond acceptors (Lipinski definition) is 6. The Morgan fingerprint density at radius 3 is 2.69 bits per heavy atom. The van der Waals surface area contributed by atoms with Crippen LogP contribution >= 0.6 is 0 Å². The Kier molecular flexibility index (Phi) is 5.29. The lowest BCUT2D eigenvalue weighted by atomic mass is 9.97. The van der Waals surface area contributed by atoms with Crippen molar-refractivity contribution in [3.8, 4) is 17.1 Å². The van der Waals surface area contributed by atoms with E-state index >= 15 is 0 Å². The highest BCUT2D eigenvalue weighted by atomic mass is 32.2. The van der Waals surface area contributed by atoms with Crippen LogP contribution in [0.1, 0.15) is 24.6 Å². The molecule has 1 fully saturated rings. The van der Waals surface area contributed by atoms with Crippen molar-refractivity contribution in [3.63, 3.8) is 0 Å². The van der Waals surface area contributed by atoms with Gasteiger partial charge in [-0.2, -0.15) is 9.40 Å². The second kappa shape index (κ2) is 7.88. The number of pyridine rings is 1. The van der Waals surface area contributed by atoms with Gasteiger partial charge in [0, 0.05) is 37.0 Å². The van der Waals surface area contributed by atoms with E-state index in [0.717, 1.165) is 17.5 Å². The topological polar surface area (TPSA) is 101 Å². The third-order valence-corrected chi connectivity index (χ3v) is 6.92. The molecule has 152 valence electrons. The van der Waals surface area contributed by atoms with Gasteiger partial charge in [-0.15, -0.1) is 0 Å². The van der Waals surface area contributed by atoms with E-state index in [9.17, 15) is 12.8 Å². The fourth-order valence-corrected chi connectivity index (χ4v) is 4.89. The lowest BCUT2D eigenvalue weighted by molar-refractivity contribution is 0.313. The molecular formula is C19H20FN5O3S. The number of nitrogens with one attached hydrogen (secondary N) is 1. The monoisotopic (exact) mass is 417 g/mol. The minimum Gasteiger partial charge on any atom is -0.494 e. The van der Waals surface area contributed by atoms with Crippen LogP contribution in [0.25, 0.3) is 11.4 Å². The molecule has 29 heavy (non-hydrogen) atoms. The fraction of sp³-hybridized carbons (Fsp3) is 0.316. The minimum absolute atomic E-state index is 0.0115. The highest BCUT2D eigenvalue weighted by molar-refractivity contribution is 7.89. The molecule has 1 aliphatic rings. The molecule has 0 unspecified atom stereocenters. The number of hydrogen-bond donors (Lipinski definition) is 1. The molecule has 3 aromatic rings. The summed E-state index contributed by atoms with van der Waals surface area (Å²) in [5.74, 6) is 0.686. The molecule has 0 saturated carbocycles. The molecule has 4 rings (SSSR count). The Morgan fingerprint density at radius 1 is 1.24 bits per heavy atom. The number of methoxy groups -OCH3 is 1. The number of H-pyrrole nitrogens is 1. The van der Waals surface area contributed by atoms with Gasteiger partial charge in [-0.05, 0) is 43.2 Å². The number of halogens is 1. The summed E-state index contributed by atoms with van der Waals surface area (Å²) in [6, 6.07) is 7.38. The van der Waals surface area contributed by atoms with Gasteiger partial charge in [0.15, 0.2) is 17.4 Å². The normalized spacial score (nSPS) is 16.1. The summed E-state index contributed by atoms with van der Waals surface area (Å²) >= 11 is 0. The summed E-state index contributed by atoms with van der Waals surface area (Å²) < 4.78 is 45.9. The van der Waals surface area contributed by atoms with Gasteiger partial charge < -0.3 is 4.74 Å². The Labute approximate surface area is 167 Å². The molecule has 0 bridgehead atoms. The standard InChI is InChI=1S/C19H20FN5O3S/c1-28-17-5-4-15(11-16(17)20)29(26,27)25-9-6-13(7-10-25)18-22-19(24-23-18)14-3-2-8-21-12-14/h2-5,8,11-13H,6-7,9-10H2,1H3,(H,22,23,24). The summed E-state index contributed by atoms with van der Waals surface area (Å²) in [6.45, 7) is 0.646. The van der Waals surface area contributed by atoms with E-state index < -0.39 is 15.8 Å². The predicted molar refractivity (Wildman–Crippen MR) is 103 cm³/mol. The first-order valence-corrected chi connectivity index (χ1v) is 10.6. The van der Waals surface area contributed by atoms with Crippen LogP contribution in [-0.4, -0.2) is 53.1 Å². The van der Waals surface area contributed by atoms with Crippen LogP contribution < -0.4 is 4.74 Å². The molecule has 0 spiro atoms. The van der Waals surface area contributed by atoms with Gasteiger partial charge in [0.25, 0.3) is 0 Å². The SMILES string of the molecule is COc1ccc(S(=O)(=O)N2CCC(c3nc(-c4cccnc4)n[nH]3)CC2)cc1F. The Hall–Kier alpha value is -2.85. The summed E-state index contributed by atoms with van der Waals surface area (Å²) in [5.41, 5.74) is 0.816. The van der Waals surface area contributed by atoms with Crippen LogP contribution in [0.4, 0.5) is 4.39 Å². The van der Waals surface area contributed by atoms with Crippen molar-refractivity contribution in [1.29, 1.82) is 0 Å². The van der Waals surface area contributed by atoms with Crippen molar-refractivity contribution >= 4 is 10.0 Å². The average molecular weight is 417 g/mol. The zero-order chi connectivity index (χ0) is 20.4. The Morgan fingerprint density at radius 2 is 2.03 bits per heavy atom. The lowest BCUT2D eigenvalue weighted by Crippen LogP contribution is -2.38. The van der Waals surface area contributed by atoms with Gasteiger partial charge in [-0.25, -0.2) is 17.8 Å². The van der Waals surface area contributed by atoms with Crippen LogP contribution in [0, 0.1) is 5.82 Å². The maximum Gasteiger partial charge on any atom is 0.243 e. The summed E-state index contributed by atoms with van der Waals surface area (Å²) in [5, 5.41) is 7.20. The van der Waals surface area contributed by atoms with Gasteiger partial charge in [-0.3, -0.25) is 10.1 Å².